The fraction of sp³-hybridized carbons (Fsp3) is 0.385. The molecule has 4 rings (SSSR count). The number of carbonyl (C=O) groups is 5. The predicted molar refractivity (Wildman–Crippen MR) is 143 cm³/mol. The predicted octanol–water partition coefficient (Wildman–Crippen LogP) is 1.84. The van der Waals surface area contributed by atoms with Crippen LogP contribution in [0.3, 0.4) is 0 Å². The molecule has 1 aromatic carbocycles. The Bertz CT molecular complexity index is 1480. The molecule has 1 amide bonds. The van der Waals surface area contributed by atoms with Crippen molar-refractivity contribution in [3.63, 3.8) is 0 Å². The van der Waals surface area contributed by atoms with Crippen molar-refractivity contribution in [2.24, 2.45) is 0 Å². The number of nitrogens with one attached hydrogen (secondary N) is 1. The maximum atomic E-state index is 12.8. The Morgan fingerprint density at radius 1 is 0.902 bits per heavy atom. The molecule has 3 heterocycles. The molecule has 1 aliphatic heterocycles. The second kappa shape index (κ2) is 12.3. The zero-order valence-electron chi connectivity index (χ0n) is 22.6. The first-order valence-electron chi connectivity index (χ1n) is 12.4. The summed E-state index contributed by atoms with van der Waals surface area (Å²) in [6.07, 6.45) is 0.209. The third-order valence-electron chi connectivity index (χ3n) is 6.00. The third-order valence-corrected chi connectivity index (χ3v) is 7.66. The SMILES string of the molecule is CC(=O)OC[C@H]1S[C@@](COC(C)=O)(n2cnc3c(NC(=O)c4ccccc4)ncnc32)[C@@H](OC(C)=O)[C@@H]1OC(C)=O. The monoisotopic (exact) mass is 585 g/mol. The van der Waals surface area contributed by atoms with E-state index in [4.69, 9.17) is 18.9 Å². The van der Waals surface area contributed by atoms with E-state index in [2.05, 4.69) is 20.3 Å². The van der Waals surface area contributed by atoms with Crippen LogP contribution in [0.5, 0.6) is 0 Å². The summed E-state index contributed by atoms with van der Waals surface area (Å²) < 4.78 is 23.4. The van der Waals surface area contributed by atoms with Crippen molar-refractivity contribution in [1.82, 2.24) is 19.5 Å². The third kappa shape index (κ3) is 6.45. The summed E-state index contributed by atoms with van der Waals surface area (Å²) in [6, 6.07) is 8.49. The first-order valence-corrected chi connectivity index (χ1v) is 13.2. The molecular formula is C26H27N5O9S. The van der Waals surface area contributed by atoms with Gasteiger partial charge < -0.3 is 24.3 Å². The van der Waals surface area contributed by atoms with Crippen LogP contribution in [0.4, 0.5) is 5.82 Å². The maximum absolute atomic E-state index is 12.8. The van der Waals surface area contributed by atoms with Gasteiger partial charge in [0, 0.05) is 33.3 Å². The normalized spacial score (nSPS) is 21.6. The highest BCUT2D eigenvalue weighted by molar-refractivity contribution is 8.01. The van der Waals surface area contributed by atoms with Gasteiger partial charge >= 0.3 is 23.9 Å². The Morgan fingerprint density at radius 2 is 1.59 bits per heavy atom. The lowest BCUT2D eigenvalue weighted by atomic mass is 10.0. The average Bonchev–Trinajstić information content (AvgIpc) is 3.47. The van der Waals surface area contributed by atoms with Crippen LogP contribution in [0.25, 0.3) is 11.2 Å². The Kier molecular flexibility index (Phi) is 8.86. The molecule has 3 aromatic rings. The molecule has 41 heavy (non-hydrogen) atoms. The number of fused-ring (bicyclic) bond motifs is 1. The minimum Gasteiger partial charge on any atom is -0.465 e. The second-order valence-electron chi connectivity index (χ2n) is 9.02. The quantitative estimate of drug-likeness (QED) is 0.284. The van der Waals surface area contributed by atoms with Gasteiger partial charge in [-0.2, -0.15) is 0 Å². The summed E-state index contributed by atoms with van der Waals surface area (Å²) in [5.41, 5.74) is 0.771. The molecule has 14 nitrogen and oxygen atoms in total. The maximum Gasteiger partial charge on any atom is 0.303 e. The lowest BCUT2D eigenvalue weighted by molar-refractivity contribution is -0.173. The van der Waals surface area contributed by atoms with E-state index in [1.54, 1.807) is 30.3 Å². The van der Waals surface area contributed by atoms with Crippen molar-refractivity contribution in [2.45, 2.75) is 50.0 Å². The fourth-order valence-corrected chi connectivity index (χ4v) is 6.08. The van der Waals surface area contributed by atoms with Crippen LogP contribution in [-0.2, 0) is 43.0 Å². The largest absolute Gasteiger partial charge is 0.465 e. The standard InChI is InChI=1S/C26H27N5O9S/c1-14(32)37-10-19-21(39-16(3)34)22(40-17(4)35)26(41-19,11-38-15(2)33)31-13-29-20-23(27-12-28-24(20)31)30-25(36)18-8-6-5-7-9-18/h5-9,12-13,19,21-22H,10-11H2,1-4H3,(H,27,28,30,36)/t19-,21-,22+,26-/m1/s1. The molecule has 0 saturated carbocycles. The van der Waals surface area contributed by atoms with E-state index in [9.17, 15) is 24.0 Å². The molecule has 0 spiro atoms. The van der Waals surface area contributed by atoms with Crippen LogP contribution < -0.4 is 5.32 Å². The van der Waals surface area contributed by atoms with Crippen molar-refractivity contribution < 1.29 is 42.9 Å². The van der Waals surface area contributed by atoms with E-state index in [1.807, 2.05) is 0 Å². The Balaban J connectivity index is 1.84. The van der Waals surface area contributed by atoms with E-state index < -0.39 is 52.1 Å². The van der Waals surface area contributed by atoms with E-state index in [0.29, 0.717) is 5.56 Å². The number of thioether (sulfide) groups is 1. The van der Waals surface area contributed by atoms with Gasteiger partial charge in [-0.25, -0.2) is 15.0 Å². The van der Waals surface area contributed by atoms with Gasteiger partial charge in [-0.15, -0.1) is 11.8 Å². The number of anilines is 1. The molecule has 216 valence electrons. The number of hydrogen-bond donors (Lipinski definition) is 1. The number of aromatic nitrogens is 4. The molecule has 1 N–H and O–H groups in total. The van der Waals surface area contributed by atoms with Crippen molar-refractivity contribution in [1.29, 1.82) is 0 Å². The van der Waals surface area contributed by atoms with Crippen LogP contribution in [0.2, 0.25) is 0 Å². The highest BCUT2D eigenvalue weighted by Crippen LogP contribution is 2.51. The topological polar surface area (TPSA) is 178 Å². The fourth-order valence-electron chi connectivity index (χ4n) is 4.40. The minimum atomic E-state index is -1.49. The summed E-state index contributed by atoms with van der Waals surface area (Å²) >= 11 is 1.10. The molecule has 1 aliphatic rings. The summed E-state index contributed by atoms with van der Waals surface area (Å²) in [5.74, 6) is -2.91. The number of ether oxygens (including phenoxy) is 4. The number of amides is 1. The molecule has 1 saturated heterocycles. The number of esters is 4. The van der Waals surface area contributed by atoms with E-state index in [1.165, 1.54) is 44.9 Å². The van der Waals surface area contributed by atoms with Crippen LogP contribution in [0.15, 0.2) is 43.0 Å². The van der Waals surface area contributed by atoms with E-state index in [-0.39, 0.29) is 30.2 Å². The average molecular weight is 586 g/mol. The second-order valence-corrected chi connectivity index (χ2v) is 10.6. The molecule has 0 unspecified atom stereocenters. The van der Waals surface area contributed by atoms with Gasteiger partial charge in [0.1, 0.15) is 19.5 Å². The number of carbonyl (C=O) groups excluding carboxylic acids is 5. The highest BCUT2D eigenvalue weighted by Gasteiger charge is 2.61. The Morgan fingerprint density at radius 3 is 2.22 bits per heavy atom. The van der Waals surface area contributed by atoms with Gasteiger partial charge in [-0.05, 0) is 12.1 Å². The van der Waals surface area contributed by atoms with E-state index >= 15 is 0 Å². The molecule has 0 bridgehead atoms. The molecule has 2 aromatic heterocycles. The Hall–Kier alpha value is -4.53. The molecule has 4 atom stereocenters. The zero-order valence-corrected chi connectivity index (χ0v) is 23.4. The van der Waals surface area contributed by atoms with Crippen LogP contribution >= 0.6 is 11.8 Å². The number of hydrogen-bond acceptors (Lipinski definition) is 13. The number of rotatable bonds is 9. The van der Waals surface area contributed by atoms with Gasteiger partial charge in [-0.3, -0.25) is 28.5 Å². The smallest absolute Gasteiger partial charge is 0.303 e. The van der Waals surface area contributed by atoms with Crippen molar-refractivity contribution in [3.05, 3.63) is 48.5 Å². The zero-order chi connectivity index (χ0) is 29.7. The minimum absolute atomic E-state index is 0.102. The molecule has 0 aliphatic carbocycles. The van der Waals surface area contributed by atoms with Crippen molar-refractivity contribution in [3.8, 4) is 0 Å². The lowest BCUT2D eigenvalue weighted by Gasteiger charge is -2.35. The summed E-state index contributed by atoms with van der Waals surface area (Å²) in [7, 11) is 0. The molecule has 15 heteroatoms. The van der Waals surface area contributed by atoms with Crippen LogP contribution in [0, 0.1) is 0 Å². The van der Waals surface area contributed by atoms with Gasteiger partial charge in [0.05, 0.1) is 11.6 Å². The van der Waals surface area contributed by atoms with Gasteiger partial charge in [0.25, 0.3) is 5.91 Å². The van der Waals surface area contributed by atoms with E-state index in [0.717, 1.165) is 11.8 Å². The lowest BCUT2D eigenvalue weighted by Crippen LogP contribution is -2.50. The molecular weight excluding hydrogens is 558 g/mol. The van der Waals surface area contributed by atoms with Crippen molar-refractivity contribution >= 4 is 58.5 Å². The molecule has 1 fully saturated rings. The highest BCUT2D eigenvalue weighted by atomic mass is 32.2. The van der Waals surface area contributed by atoms with Crippen LogP contribution in [0.1, 0.15) is 38.1 Å². The first kappa shape index (κ1) is 29.5. The van der Waals surface area contributed by atoms with Gasteiger partial charge in [0.2, 0.25) is 0 Å². The summed E-state index contributed by atoms with van der Waals surface area (Å²) in [6.45, 7) is 4.21. The summed E-state index contributed by atoms with van der Waals surface area (Å²) in [4.78, 5) is 72.3. The van der Waals surface area contributed by atoms with Crippen molar-refractivity contribution in [2.75, 3.05) is 18.5 Å². The summed E-state index contributed by atoms with van der Waals surface area (Å²) in [5, 5.41) is 1.97. The number of nitrogens with zero attached hydrogens (tertiary/aromatic N) is 4. The number of imidazole rings is 1. The Labute approximate surface area is 238 Å². The van der Waals surface area contributed by atoms with Gasteiger partial charge in [0.15, 0.2) is 34.1 Å². The number of benzene rings is 1. The first-order chi connectivity index (χ1) is 19.5. The molecule has 0 radical (unpaired) electrons. The van der Waals surface area contributed by atoms with Gasteiger partial charge in [-0.1, -0.05) is 18.2 Å². The van der Waals surface area contributed by atoms with Crippen LogP contribution in [-0.4, -0.2) is 80.0 Å².